The topological polar surface area (TPSA) is 545 Å². The minimum atomic E-state index is -2.11. The van der Waals surface area contributed by atoms with E-state index in [0.29, 0.717) is 57.8 Å². The Kier molecular flexibility index (Phi) is 23.8. The first-order valence-corrected chi connectivity index (χ1v) is 36.8. The number of carboxylic acids is 1. The molecule has 600 valence electrons. The first kappa shape index (κ1) is 81.6. The van der Waals surface area contributed by atoms with Crippen molar-refractivity contribution in [1.29, 1.82) is 0 Å². The van der Waals surface area contributed by atoms with E-state index >= 15 is 4.79 Å². The van der Waals surface area contributed by atoms with E-state index in [9.17, 15) is 102 Å². The number of hydrogen-bond acceptors (Lipinski definition) is 34. The highest BCUT2D eigenvalue weighted by molar-refractivity contribution is 5.79. The van der Waals surface area contributed by atoms with Crippen LogP contribution in [-0.4, -0.2) is 339 Å². The molecule has 0 aromatic rings. The van der Waals surface area contributed by atoms with Gasteiger partial charge in [0.25, 0.3) is 0 Å². The Bertz CT molecular complexity index is 3080. The van der Waals surface area contributed by atoms with Crippen molar-refractivity contribution in [3.8, 4) is 0 Å². The van der Waals surface area contributed by atoms with Gasteiger partial charge in [0, 0.05) is 0 Å². The molecule has 7 heterocycles. The van der Waals surface area contributed by atoms with Crippen molar-refractivity contribution in [2.45, 2.75) is 335 Å². The highest BCUT2D eigenvalue weighted by Crippen LogP contribution is 2.76. The largest absolute Gasteiger partial charge is 0.479 e. The Morgan fingerprint density at radius 2 is 1.03 bits per heavy atom. The minimum absolute atomic E-state index is 0.0902. The van der Waals surface area contributed by atoms with Crippen molar-refractivity contribution in [3.63, 3.8) is 0 Å². The van der Waals surface area contributed by atoms with Crippen LogP contribution in [0.15, 0.2) is 11.6 Å². The van der Waals surface area contributed by atoms with Gasteiger partial charge in [-0.3, -0.25) is 4.79 Å². The van der Waals surface area contributed by atoms with E-state index < -0.39 is 274 Å². The zero-order valence-corrected chi connectivity index (χ0v) is 60.2. The van der Waals surface area contributed by atoms with Gasteiger partial charge in [-0.25, -0.2) is 4.79 Å². The summed E-state index contributed by atoms with van der Waals surface area (Å²) in [5.74, 6) is -3.28. The third-order valence-corrected chi connectivity index (χ3v) is 26.8. The van der Waals surface area contributed by atoms with Crippen LogP contribution in [0.3, 0.4) is 0 Å². The fourth-order valence-corrected chi connectivity index (χ4v) is 20.1. The predicted molar refractivity (Wildman–Crippen MR) is 345 cm³/mol. The van der Waals surface area contributed by atoms with Gasteiger partial charge in [-0.2, -0.15) is 0 Å². The first-order valence-electron chi connectivity index (χ1n) is 36.8. The summed E-state index contributed by atoms with van der Waals surface area (Å²) in [5.41, 5.74) is -3.46. The summed E-state index contributed by atoms with van der Waals surface area (Å²) in [6.45, 7) is 15.2. The summed E-state index contributed by atoms with van der Waals surface area (Å²) >= 11 is 0. The molecular formula is C70H110O35. The molecule has 42 unspecified atom stereocenters. The van der Waals surface area contributed by atoms with Crippen molar-refractivity contribution in [1.82, 2.24) is 0 Å². The Labute approximate surface area is 606 Å². The molecule has 4 saturated carbocycles. The van der Waals surface area contributed by atoms with E-state index in [-0.39, 0.29) is 23.7 Å². The van der Waals surface area contributed by atoms with E-state index in [0.717, 1.165) is 11.9 Å². The SMILES string of the molecule is CC1OC(OC2C(O)C(C)OC(OC(=O)C34CCC(C)(C)CC3C3=CCC5C6(C)CCC(OC7OC(C(=O)O)C(O)C(O)C7OC7OC(CO)C(O)C(O)C7O)C(C)(C=O)C6CCC5(C)C3(C)CC4)C2OC2OC(C)C(OC3OCC(O)C(OC4OCC(O)C(O)C4O)C3O)C(O)C2O)C(O)C(O)C1O. The molecule has 35 nitrogen and oxygen atoms in total. The number of carboxylic acid groups (broad SMARTS) is 1. The molecule has 0 radical (unpaired) electrons. The number of rotatable bonds is 17. The molecular weight excluding hydrogens is 1400 g/mol. The van der Waals surface area contributed by atoms with Crippen LogP contribution in [0.4, 0.5) is 0 Å². The van der Waals surface area contributed by atoms with Gasteiger partial charge in [0.15, 0.2) is 49.9 Å². The average molecular weight is 1510 g/mol. The third kappa shape index (κ3) is 14.1. The van der Waals surface area contributed by atoms with E-state index in [1.807, 2.05) is 0 Å². The molecule has 0 bridgehead atoms. The molecule has 7 aliphatic heterocycles. The van der Waals surface area contributed by atoms with Crippen LogP contribution in [0.1, 0.15) is 127 Å². The molecule has 105 heavy (non-hydrogen) atoms. The molecule has 18 N–H and O–H groups in total. The lowest BCUT2D eigenvalue weighted by Crippen LogP contribution is -2.68. The second kappa shape index (κ2) is 30.6. The average Bonchev–Trinajstić information content (AvgIpc) is 0.674. The number of fused-ring (bicyclic) bond motifs is 7. The van der Waals surface area contributed by atoms with Crippen LogP contribution in [-0.2, 0) is 80.7 Å². The predicted octanol–water partition coefficient (Wildman–Crippen LogP) is -4.93. The van der Waals surface area contributed by atoms with E-state index in [1.165, 1.54) is 20.8 Å². The molecule has 5 aliphatic carbocycles. The highest BCUT2D eigenvalue weighted by atomic mass is 16.8. The fourth-order valence-electron chi connectivity index (χ4n) is 20.1. The molecule has 12 aliphatic rings. The smallest absolute Gasteiger partial charge is 0.335 e. The first-order chi connectivity index (χ1) is 49.2. The van der Waals surface area contributed by atoms with Crippen molar-refractivity contribution in [2.24, 2.45) is 50.2 Å². The number of aliphatic carboxylic acids is 1. The van der Waals surface area contributed by atoms with E-state index in [1.54, 1.807) is 6.92 Å². The van der Waals surface area contributed by atoms with Crippen LogP contribution in [0.2, 0.25) is 0 Å². The Hall–Kier alpha value is -2.85. The number of aldehydes is 1. The number of hydrogen-bond donors (Lipinski definition) is 18. The number of esters is 1. The van der Waals surface area contributed by atoms with E-state index in [2.05, 4.69) is 40.7 Å². The number of aliphatic hydroxyl groups excluding tert-OH is 17. The summed E-state index contributed by atoms with van der Waals surface area (Å²) in [7, 11) is 0. The maximum atomic E-state index is 16.1. The number of allylic oxidation sites excluding steroid dienone is 2. The zero-order chi connectivity index (χ0) is 76.6. The van der Waals surface area contributed by atoms with Gasteiger partial charge in [-0.15, -0.1) is 0 Å². The highest BCUT2D eigenvalue weighted by Gasteiger charge is 2.72. The van der Waals surface area contributed by atoms with E-state index in [4.69, 9.17) is 66.3 Å². The normalized spacial score (nSPS) is 55.1. The lowest BCUT2D eigenvalue weighted by atomic mass is 9.33. The third-order valence-electron chi connectivity index (χ3n) is 26.8. The molecule has 0 aromatic carbocycles. The van der Waals surface area contributed by atoms with Crippen molar-refractivity contribution in [3.05, 3.63) is 11.6 Å². The Balaban J connectivity index is 0.798. The van der Waals surface area contributed by atoms with Crippen LogP contribution < -0.4 is 0 Å². The maximum Gasteiger partial charge on any atom is 0.335 e. The van der Waals surface area contributed by atoms with Gasteiger partial charge in [-0.05, 0) is 124 Å². The van der Waals surface area contributed by atoms with Gasteiger partial charge in [0.1, 0.15) is 134 Å². The van der Waals surface area contributed by atoms with Gasteiger partial charge in [-0.1, -0.05) is 53.2 Å². The van der Waals surface area contributed by atoms with Crippen LogP contribution in [0.5, 0.6) is 0 Å². The molecule has 12 rings (SSSR count). The second-order valence-electron chi connectivity index (χ2n) is 33.5. The quantitative estimate of drug-likeness (QED) is 0.0281. The van der Waals surface area contributed by atoms with Gasteiger partial charge in [0.05, 0.1) is 55.1 Å². The number of ether oxygens (including phenoxy) is 14. The summed E-state index contributed by atoms with van der Waals surface area (Å²) in [6.07, 6.45) is -51.1. The summed E-state index contributed by atoms with van der Waals surface area (Å²) < 4.78 is 84.6. The van der Waals surface area contributed by atoms with Crippen molar-refractivity contribution < 1.29 is 173 Å². The zero-order valence-electron chi connectivity index (χ0n) is 60.2. The monoisotopic (exact) mass is 1510 g/mol. The second-order valence-corrected chi connectivity index (χ2v) is 33.5. The van der Waals surface area contributed by atoms with Gasteiger partial charge in [0.2, 0.25) is 6.29 Å². The van der Waals surface area contributed by atoms with Crippen LogP contribution >= 0.6 is 0 Å². The number of carbonyl (C=O) groups excluding carboxylic acids is 2. The van der Waals surface area contributed by atoms with Crippen molar-refractivity contribution >= 4 is 18.2 Å². The fraction of sp³-hybridized carbons (Fsp3) is 0.929. The number of carbonyl (C=O) groups is 3. The molecule has 11 fully saturated rings. The lowest BCUT2D eigenvalue weighted by molar-refractivity contribution is -0.392. The number of aliphatic hydroxyl groups is 17. The molecule has 35 heteroatoms. The molecule has 0 amide bonds. The molecule has 0 aromatic heterocycles. The Morgan fingerprint density at radius 1 is 0.486 bits per heavy atom. The Morgan fingerprint density at radius 3 is 1.69 bits per heavy atom. The lowest BCUT2D eigenvalue weighted by Gasteiger charge is -2.71. The maximum absolute atomic E-state index is 16.1. The van der Waals surface area contributed by atoms with Crippen LogP contribution in [0, 0.1) is 50.2 Å². The van der Waals surface area contributed by atoms with Crippen LogP contribution in [0.25, 0.3) is 0 Å². The molecule has 42 atom stereocenters. The standard InChI is InChI=1S/C70H110O35/c1-25-36(75)40(79)46(85)59(94-25)101-52-37(76)26(2)95-63(55(52)104-60-48(87)44(83)50(27(3)96-60)99-58-49(88)51(31(74)23-93-58)100-57-45(84)38(77)30(73)22-92-57)105-64(91)70-18-16-65(4,5)20-29(70)28-10-11-34-66(6)14-13-35(67(7,24-72)33(66)12-15-69(34,9)68(28,8)17-19-70)98-62-54(43(82)42(81)53(102-62)56(89)90)103-61-47(86)41(80)39(78)32(21-71)97-61/h10,24-27,29-55,57-63,71,73-88H,11-23H2,1-9H3,(H,89,90). The summed E-state index contributed by atoms with van der Waals surface area (Å²) in [5, 5.41) is 197. The van der Waals surface area contributed by atoms with Gasteiger partial charge < -0.3 is 163 Å². The molecule has 0 spiro atoms. The van der Waals surface area contributed by atoms with Crippen molar-refractivity contribution in [2.75, 3.05) is 19.8 Å². The van der Waals surface area contributed by atoms with Gasteiger partial charge >= 0.3 is 11.9 Å². The summed E-state index contributed by atoms with van der Waals surface area (Å²) in [4.78, 5) is 42.6. The summed E-state index contributed by atoms with van der Waals surface area (Å²) in [6, 6.07) is 0. The molecule has 7 saturated heterocycles. The minimum Gasteiger partial charge on any atom is -0.479 e.